The quantitative estimate of drug-likeness (QED) is 0.638. The third-order valence-electron chi connectivity index (χ3n) is 3.13. The van der Waals surface area contributed by atoms with Gasteiger partial charge in [-0.15, -0.1) is 0 Å². The molecule has 3 rings (SSSR count). The molecule has 106 valence electrons. The molecular weight excluding hydrogens is 332 g/mol. The first-order valence-corrected chi connectivity index (χ1v) is 7.19. The molecule has 1 aromatic heterocycles. The Bertz CT molecular complexity index is 860. The zero-order valence-electron chi connectivity index (χ0n) is 11.1. The van der Waals surface area contributed by atoms with Crippen LogP contribution < -0.4 is 16.6 Å². The SMILES string of the molecule is Nc1ccc2nc(NCc3ccccc3Br)[nH]c(=O)c2c1. The summed E-state index contributed by atoms with van der Waals surface area (Å²) in [5, 5.41) is 3.61. The molecule has 5 nitrogen and oxygen atoms in total. The van der Waals surface area contributed by atoms with Crippen molar-refractivity contribution in [2.24, 2.45) is 0 Å². The molecule has 2 aromatic carbocycles. The zero-order chi connectivity index (χ0) is 14.8. The average Bonchev–Trinajstić information content (AvgIpc) is 2.47. The first-order chi connectivity index (χ1) is 10.1. The summed E-state index contributed by atoms with van der Waals surface area (Å²) in [4.78, 5) is 19.1. The standard InChI is InChI=1S/C15H13BrN4O/c16-12-4-2-1-3-9(12)8-18-15-19-13-6-5-10(17)7-11(13)14(21)20-15/h1-7H,8,17H2,(H2,18,19,20,21). The molecule has 0 radical (unpaired) electrons. The summed E-state index contributed by atoms with van der Waals surface area (Å²) >= 11 is 3.49. The van der Waals surface area contributed by atoms with E-state index in [1.54, 1.807) is 18.2 Å². The predicted octanol–water partition coefficient (Wildman–Crippen LogP) is 2.88. The lowest BCUT2D eigenvalue weighted by molar-refractivity contribution is 1.05. The van der Waals surface area contributed by atoms with Crippen molar-refractivity contribution in [3.63, 3.8) is 0 Å². The van der Waals surface area contributed by atoms with E-state index in [1.807, 2.05) is 24.3 Å². The van der Waals surface area contributed by atoms with Crippen molar-refractivity contribution in [2.75, 3.05) is 11.1 Å². The molecule has 0 aliphatic rings. The first kappa shape index (κ1) is 13.6. The zero-order valence-corrected chi connectivity index (χ0v) is 12.6. The smallest absolute Gasteiger partial charge is 0.260 e. The first-order valence-electron chi connectivity index (χ1n) is 6.40. The molecule has 4 N–H and O–H groups in total. The summed E-state index contributed by atoms with van der Waals surface area (Å²) in [6.45, 7) is 0.560. The van der Waals surface area contributed by atoms with Gasteiger partial charge in [-0.1, -0.05) is 34.1 Å². The van der Waals surface area contributed by atoms with Gasteiger partial charge in [-0.05, 0) is 29.8 Å². The van der Waals surface area contributed by atoms with Crippen LogP contribution in [-0.2, 0) is 6.54 Å². The van der Waals surface area contributed by atoms with E-state index >= 15 is 0 Å². The van der Waals surface area contributed by atoms with E-state index in [2.05, 4.69) is 31.2 Å². The number of nitrogens with one attached hydrogen (secondary N) is 2. The molecule has 0 atom stereocenters. The minimum atomic E-state index is -0.207. The van der Waals surface area contributed by atoms with Gasteiger partial charge in [0, 0.05) is 16.7 Å². The van der Waals surface area contributed by atoms with E-state index in [1.165, 1.54) is 0 Å². The third-order valence-corrected chi connectivity index (χ3v) is 3.91. The van der Waals surface area contributed by atoms with Crippen molar-refractivity contribution >= 4 is 38.5 Å². The number of nitrogens with two attached hydrogens (primary N) is 1. The largest absolute Gasteiger partial charge is 0.399 e. The Morgan fingerprint density at radius 1 is 1.24 bits per heavy atom. The third kappa shape index (κ3) is 2.90. The Balaban J connectivity index is 1.90. The van der Waals surface area contributed by atoms with E-state index in [9.17, 15) is 4.79 Å². The fraction of sp³-hybridized carbons (Fsp3) is 0.0667. The molecule has 0 amide bonds. The minimum Gasteiger partial charge on any atom is -0.399 e. The van der Waals surface area contributed by atoms with E-state index in [4.69, 9.17) is 5.73 Å². The van der Waals surface area contributed by atoms with Crippen LogP contribution in [0.4, 0.5) is 11.6 Å². The molecule has 0 saturated carbocycles. The number of aromatic nitrogens is 2. The normalized spacial score (nSPS) is 10.7. The Labute approximate surface area is 129 Å². The molecular formula is C15H13BrN4O. The number of rotatable bonds is 3. The molecule has 0 saturated heterocycles. The van der Waals surface area contributed by atoms with Crippen LogP contribution in [0.1, 0.15) is 5.56 Å². The Hall–Kier alpha value is -2.34. The molecule has 0 bridgehead atoms. The van der Waals surface area contributed by atoms with Crippen LogP contribution >= 0.6 is 15.9 Å². The topological polar surface area (TPSA) is 83.8 Å². The number of hydrogen-bond donors (Lipinski definition) is 3. The minimum absolute atomic E-state index is 0.207. The van der Waals surface area contributed by atoms with Crippen molar-refractivity contribution < 1.29 is 0 Å². The lowest BCUT2D eigenvalue weighted by atomic mass is 10.2. The van der Waals surface area contributed by atoms with Crippen molar-refractivity contribution in [2.45, 2.75) is 6.54 Å². The number of aromatic amines is 1. The molecule has 21 heavy (non-hydrogen) atoms. The van der Waals surface area contributed by atoms with E-state index in [0.29, 0.717) is 29.1 Å². The lowest BCUT2D eigenvalue weighted by Gasteiger charge is -2.08. The van der Waals surface area contributed by atoms with Gasteiger partial charge in [0.05, 0.1) is 10.9 Å². The summed E-state index contributed by atoms with van der Waals surface area (Å²) < 4.78 is 1.01. The van der Waals surface area contributed by atoms with Crippen LogP contribution in [0.3, 0.4) is 0 Å². The van der Waals surface area contributed by atoms with E-state index in [-0.39, 0.29) is 5.56 Å². The van der Waals surface area contributed by atoms with Gasteiger partial charge in [0.25, 0.3) is 5.56 Å². The van der Waals surface area contributed by atoms with Crippen molar-refractivity contribution in [1.29, 1.82) is 0 Å². The van der Waals surface area contributed by atoms with Crippen LogP contribution in [-0.4, -0.2) is 9.97 Å². The van der Waals surface area contributed by atoms with Gasteiger partial charge in [-0.2, -0.15) is 0 Å². The number of benzene rings is 2. The van der Waals surface area contributed by atoms with Crippen LogP contribution in [0.15, 0.2) is 51.7 Å². The van der Waals surface area contributed by atoms with Gasteiger partial charge in [-0.3, -0.25) is 9.78 Å². The number of H-pyrrole nitrogens is 1. The molecule has 0 spiro atoms. The maximum absolute atomic E-state index is 12.0. The number of fused-ring (bicyclic) bond motifs is 1. The summed E-state index contributed by atoms with van der Waals surface area (Å²) in [5.41, 5.74) is 7.71. The summed E-state index contributed by atoms with van der Waals surface area (Å²) in [6.07, 6.45) is 0. The second-order valence-electron chi connectivity index (χ2n) is 4.64. The highest BCUT2D eigenvalue weighted by atomic mass is 79.9. The second kappa shape index (κ2) is 5.57. The highest BCUT2D eigenvalue weighted by molar-refractivity contribution is 9.10. The Morgan fingerprint density at radius 2 is 2.05 bits per heavy atom. The number of hydrogen-bond acceptors (Lipinski definition) is 4. The number of nitrogen functional groups attached to an aromatic ring is 1. The van der Waals surface area contributed by atoms with Gasteiger partial charge in [0.1, 0.15) is 0 Å². The van der Waals surface area contributed by atoms with Gasteiger partial charge in [0.2, 0.25) is 5.95 Å². The van der Waals surface area contributed by atoms with Crippen molar-refractivity contribution in [3.8, 4) is 0 Å². The predicted molar refractivity (Wildman–Crippen MR) is 88.2 cm³/mol. The summed E-state index contributed by atoms with van der Waals surface area (Å²) in [5.74, 6) is 0.438. The maximum atomic E-state index is 12.0. The highest BCUT2D eigenvalue weighted by Crippen LogP contribution is 2.17. The van der Waals surface area contributed by atoms with Crippen LogP contribution in [0.2, 0.25) is 0 Å². The van der Waals surface area contributed by atoms with Gasteiger partial charge >= 0.3 is 0 Å². The lowest BCUT2D eigenvalue weighted by Crippen LogP contribution is -2.13. The Kier molecular flexibility index (Phi) is 3.62. The molecule has 0 aliphatic heterocycles. The fourth-order valence-corrected chi connectivity index (χ4v) is 2.49. The number of halogens is 1. The molecule has 3 aromatic rings. The maximum Gasteiger partial charge on any atom is 0.260 e. The van der Waals surface area contributed by atoms with E-state index < -0.39 is 0 Å². The van der Waals surface area contributed by atoms with Crippen LogP contribution in [0.25, 0.3) is 10.9 Å². The fourth-order valence-electron chi connectivity index (χ4n) is 2.06. The van der Waals surface area contributed by atoms with Gasteiger partial charge < -0.3 is 11.1 Å². The average molecular weight is 345 g/mol. The monoisotopic (exact) mass is 344 g/mol. The second-order valence-corrected chi connectivity index (χ2v) is 5.49. The highest BCUT2D eigenvalue weighted by Gasteiger charge is 2.05. The molecule has 0 aliphatic carbocycles. The van der Waals surface area contributed by atoms with Crippen LogP contribution in [0, 0.1) is 0 Å². The molecule has 0 unspecified atom stereocenters. The summed E-state index contributed by atoms with van der Waals surface area (Å²) in [6, 6.07) is 13.0. The number of anilines is 2. The molecule has 0 fully saturated rings. The van der Waals surface area contributed by atoms with Gasteiger partial charge in [0.15, 0.2) is 0 Å². The van der Waals surface area contributed by atoms with Crippen molar-refractivity contribution in [3.05, 3.63) is 62.9 Å². The van der Waals surface area contributed by atoms with Crippen molar-refractivity contribution in [1.82, 2.24) is 9.97 Å². The molecule has 1 heterocycles. The van der Waals surface area contributed by atoms with E-state index in [0.717, 1.165) is 10.0 Å². The summed E-state index contributed by atoms with van der Waals surface area (Å²) in [7, 11) is 0. The Morgan fingerprint density at radius 3 is 2.86 bits per heavy atom. The van der Waals surface area contributed by atoms with Gasteiger partial charge in [-0.25, -0.2) is 4.98 Å². The molecule has 6 heteroatoms. The van der Waals surface area contributed by atoms with Crippen LogP contribution in [0.5, 0.6) is 0 Å². The number of nitrogens with zero attached hydrogens (tertiary/aromatic N) is 1.